The quantitative estimate of drug-likeness (QED) is 0.600. The molecule has 0 aromatic heterocycles. The second-order valence-electron chi connectivity index (χ2n) is 7.04. The van der Waals surface area contributed by atoms with E-state index in [1.807, 2.05) is 0 Å². The number of nitrogens with one attached hydrogen (secondary N) is 2. The summed E-state index contributed by atoms with van der Waals surface area (Å²) in [5.41, 5.74) is -0.683. The molecule has 0 atom stereocenters. The Morgan fingerprint density at radius 2 is 1.83 bits per heavy atom. The van der Waals surface area contributed by atoms with Gasteiger partial charge in [-0.1, -0.05) is 0 Å². The van der Waals surface area contributed by atoms with Crippen LogP contribution in [0.2, 0.25) is 0 Å². The summed E-state index contributed by atoms with van der Waals surface area (Å²) in [6.07, 6.45) is -0.465. The Morgan fingerprint density at radius 1 is 1.10 bits per heavy atom. The highest BCUT2D eigenvalue weighted by Gasteiger charge is 2.31. The molecule has 0 aliphatic heterocycles. The van der Waals surface area contributed by atoms with E-state index in [0.717, 1.165) is 37.8 Å². The molecular formula is C21H22F4N2O3. The molecule has 5 nitrogen and oxygen atoms in total. The maximum Gasteiger partial charge on any atom is 0.416 e. The summed E-state index contributed by atoms with van der Waals surface area (Å²) in [6.45, 7) is -0.270. The van der Waals surface area contributed by atoms with Gasteiger partial charge < -0.3 is 20.1 Å². The average molecular weight is 426 g/mol. The Morgan fingerprint density at radius 3 is 2.50 bits per heavy atom. The summed E-state index contributed by atoms with van der Waals surface area (Å²) in [6, 6.07) is 6.39. The van der Waals surface area contributed by atoms with Crippen LogP contribution in [0.5, 0.6) is 11.5 Å². The number of urea groups is 1. The number of benzene rings is 2. The van der Waals surface area contributed by atoms with E-state index < -0.39 is 23.6 Å². The van der Waals surface area contributed by atoms with E-state index in [9.17, 15) is 22.4 Å². The van der Waals surface area contributed by atoms with Crippen LogP contribution in [0.1, 0.15) is 36.8 Å². The summed E-state index contributed by atoms with van der Waals surface area (Å²) < 4.78 is 63.1. The minimum Gasteiger partial charge on any atom is -0.493 e. The van der Waals surface area contributed by atoms with Crippen LogP contribution >= 0.6 is 0 Å². The van der Waals surface area contributed by atoms with Gasteiger partial charge in [-0.15, -0.1) is 0 Å². The van der Waals surface area contributed by atoms with Gasteiger partial charge in [-0.05, 0) is 61.6 Å². The van der Waals surface area contributed by atoms with Crippen molar-refractivity contribution in [1.82, 2.24) is 5.32 Å². The van der Waals surface area contributed by atoms with Crippen LogP contribution in [0.15, 0.2) is 36.4 Å². The Kier molecular flexibility index (Phi) is 6.69. The topological polar surface area (TPSA) is 59.6 Å². The van der Waals surface area contributed by atoms with Crippen molar-refractivity contribution in [3.8, 4) is 11.5 Å². The van der Waals surface area contributed by atoms with Gasteiger partial charge in [0.25, 0.3) is 0 Å². The standard InChI is InChI=1S/C21H22F4N2O3/c1-29-18-7-6-16(11-19(18)30-17-4-2-3-5-17)27-20(28)26-12-13-8-14(21(23,24)25)10-15(22)9-13/h6-11,17H,2-5,12H2,1H3,(H2,26,27,28). The van der Waals surface area contributed by atoms with E-state index in [1.165, 1.54) is 7.11 Å². The molecule has 0 saturated heterocycles. The van der Waals surface area contributed by atoms with Gasteiger partial charge in [0.05, 0.1) is 18.8 Å². The molecule has 0 radical (unpaired) electrons. The van der Waals surface area contributed by atoms with E-state index in [4.69, 9.17) is 9.47 Å². The SMILES string of the molecule is COc1ccc(NC(=O)NCc2cc(F)cc(C(F)(F)F)c2)cc1OC1CCCC1. The van der Waals surface area contributed by atoms with Crippen LogP contribution in [-0.4, -0.2) is 19.2 Å². The number of ether oxygens (including phenoxy) is 2. The molecule has 2 N–H and O–H groups in total. The van der Waals surface area contributed by atoms with E-state index in [0.29, 0.717) is 23.3 Å². The van der Waals surface area contributed by atoms with Crippen molar-refractivity contribution in [3.63, 3.8) is 0 Å². The highest BCUT2D eigenvalue weighted by molar-refractivity contribution is 5.89. The lowest BCUT2D eigenvalue weighted by Gasteiger charge is -2.17. The third-order valence-electron chi connectivity index (χ3n) is 4.76. The molecule has 30 heavy (non-hydrogen) atoms. The van der Waals surface area contributed by atoms with Crippen LogP contribution < -0.4 is 20.1 Å². The number of hydrogen-bond acceptors (Lipinski definition) is 3. The zero-order chi connectivity index (χ0) is 21.7. The Bertz CT molecular complexity index is 896. The summed E-state index contributed by atoms with van der Waals surface area (Å²) in [4.78, 5) is 12.2. The summed E-state index contributed by atoms with van der Waals surface area (Å²) in [7, 11) is 1.52. The van der Waals surface area contributed by atoms with Crippen LogP contribution in [0.3, 0.4) is 0 Å². The summed E-state index contributed by atoms with van der Waals surface area (Å²) >= 11 is 0. The van der Waals surface area contributed by atoms with Crippen molar-refractivity contribution in [2.75, 3.05) is 12.4 Å². The highest BCUT2D eigenvalue weighted by Crippen LogP contribution is 2.34. The number of carbonyl (C=O) groups excluding carboxylic acids is 1. The predicted octanol–water partition coefficient (Wildman–Crippen LogP) is 5.50. The van der Waals surface area contributed by atoms with Gasteiger partial charge in [-0.25, -0.2) is 9.18 Å². The fourth-order valence-corrected chi connectivity index (χ4v) is 3.31. The molecule has 3 rings (SSSR count). The average Bonchev–Trinajstić information content (AvgIpc) is 3.19. The van der Waals surface area contributed by atoms with E-state index >= 15 is 0 Å². The number of hydrogen-bond donors (Lipinski definition) is 2. The molecule has 9 heteroatoms. The van der Waals surface area contributed by atoms with E-state index in [2.05, 4.69) is 10.6 Å². The van der Waals surface area contributed by atoms with E-state index in [1.54, 1.807) is 18.2 Å². The lowest BCUT2D eigenvalue weighted by molar-refractivity contribution is -0.137. The van der Waals surface area contributed by atoms with Gasteiger partial charge in [0.1, 0.15) is 5.82 Å². The normalized spacial score (nSPS) is 14.4. The van der Waals surface area contributed by atoms with Crippen LogP contribution in [0, 0.1) is 5.82 Å². The van der Waals surface area contributed by atoms with Gasteiger partial charge >= 0.3 is 12.2 Å². The van der Waals surface area contributed by atoms with Crippen molar-refractivity contribution in [2.45, 2.75) is 44.5 Å². The fraction of sp³-hybridized carbons (Fsp3) is 0.381. The summed E-state index contributed by atoms with van der Waals surface area (Å²) in [5.74, 6) is 0.0142. The predicted molar refractivity (Wildman–Crippen MR) is 103 cm³/mol. The molecule has 0 bridgehead atoms. The van der Waals surface area contributed by atoms with Crippen LogP contribution in [0.4, 0.5) is 28.0 Å². The lowest BCUT2D eigenvalue weighted by atomic mass is 10.1. The number of halogens is 4. The van der Waals surface area contributed by atoms with Crippen LogP contribution in [-0.2, 0) is 12.7 Å². The largest absolute Gasteiger partial charge is 0.493 e. The molecule has 0 spiro atoms. The molecule has 1 aliphatic rings. The first kappa shape index (κ1) is 21.7. The smallest absolute Gasteiger partial charge is 0.416 e. The Labute approximate surface area is 171 Å². The zero-order valence-corrected chi connectivity index (χ0v) is 16.3. The molecule has 0 unspecified atom stereocenters. The first-order valence-corrected chi connectivity index (χ1v) is 9.51. The number of carbonyl (C=O) groups is 1. The minimum atomic E-state index is -4.67. The number of amides is 2. The maximum atomic E-state index is 13.5. The van der Waals surface area contributed by atoms with Crippen molar-refractivity contribution < 1.29 is 31.8 Å². The molecule has 0 heterocycles. The van der Waals surface area contributed by atoms with Gasteiger partial charge in [-0.3, -0.25) is 0 Å². The molecule has 2 aromatic rings. The molecule has 2 amide bonds. The third kappa shape index (κ3) is 5.77. The van der Waals surface area contributed by atoms with Crippen molar-refractivity contribution in [3.05, 3.63) is 53.3 Å². The van der Waals surface area contributed by atoms with Crippen LogP contribution in [0.25, 0.3) is 0 Å². The first-order chi connectivity index (χ1) is 14.2. The van der Waals surface area contributed by atoms with Gasteiger partial charge in [0.15, 0.2) is 11.5 Å². The van der Waals surface area contributed by atoms with Crippen molar-refractivity contribution in [1.29, 1.82) is 0 Å². The number of alkyl halides is 3. The monoisotopic (exact) mass is 426 g/mol. The Hall–Kier alpha value is -2.97. The second-order valence-corrected chi connectivity index (χ2v) is 7.04. The molecule has 1 fully saturated rings. The van der Waals surface area contributed by atoms with Gasteiger partial charge in [-0.2, -0.15) is 13.2 Å². The highest BCUT2D eigenvalue weighted by atomic mass is 19.4. The number of rotatable bonds is 6. The molecule has 1 saturated carbocycles. The Balaban J connectivity index is 1.63. The maximum absolute atomic E-state index is 13.5. The number of methoxy groups -OCH3 is 1. The fourth-order valence-electron chi connectivity index (χ4n) is 3.31. The van der Waals surface area contributed by atoms with E-state index in [-0.39, 0.29) is 18.2 Å². The molecule has 2 aromatic carbocycles. The third-order valence-corrected chi connectivity index (χ3v) is 4.76. The lowest BCUT2D eigenvalue weighted by Crippen LogP contribution is -2.28. The number of anilines is 1. The van der Waals surface area contributed by atoms with Gasteiger partial charge in [0.2, 0.25) is 0 Å². The molecular weight excluding hydrogens is 404 g/mol. The van der Waals surface area contributed by atoms with Gasteiger partial charge in [0, 0.05) is 18.3 Å². The minimum absolute atomic E-state index is 0.00235. The second kappa shape index (κ2) is 9.23. The summed E-state index contributed by atoms with van der Waals surface area (Å²) in [5, 5.41) is 5.01. The molecule has 1 aliphatic carbocycles. The van der Waals surface area contributed by atoms with Crippen molar-refractivity contribution in [2.24, 2.45) is 0 Å². The zero-order valence-electron chi connectivity index (χ0n) is 16.3. The first-order valence-electron chi connectivity index (χ1n) is 9.51. The molecule has 162 valence electrons. The van der Waals surface area contributed by atoms with Crippen molar-refractivity contribution >= 4 is 11.7 Å².